The number of hydrogen-bond donors (Lipinski definition) is 1. The van der Waals surface area contributed by atoms with Crippen LogP contribution in [0.15, 0.2) is 36.4 Å². The second kappa shape index (κ2) is 14.9. The largest absolute Gasteiger partial charge is 0.467 e. The van der Waals surface area contributed by atoms with Crippen molar-refractivity contribution in [2.24, 2.45) is 0 Å². The Hall–Kier alpha value is -2.17. The Bertz CT molecular complexity index is 1170. The Morgan fingerprint density at radius 1 is 1.14 bits per heavy atom. The SMILES string of the molecule is COC(=O)[C@H](CCSC)NC(=O)[C@@H]1C[C@H](c2ccc(C(C)(C)C)cc2)CN1C/C=C/[C@@H]1CSC(C)(C)N1C(=O)OC(C)(C)C. The van der Waals surface area contributed by atoms with Crippen LogP contribution in [0, 0.1) is 0 Å². The zero-order valence-corrected chi connectivity index (χ0v) is 29.9. The highest BCUT2D eigenvalue weighted by Gasteiger charge is 2.44. The summed E-state index contributed by atoms with van der Waals surface area (Å²) in [6.45, 7) is 17.6. The van der Waals surface area contributed by atoms with E-state index >= 15 is 0 Å². The van der Waals surface area contributed by atoms with Crippen molar-refractivity contribution in [1.29, 1.82) is 0 Å². The van der Waals surface area contributed by atoms with Gasteiger partial charge in [-0.3, -0.25) is 14.6 Å². The lowest BCUT2D eigenvalue weighted by Crippen LogP contribution is -2.50. The summed E-state index contributed by atoms with van der Waals surface area (Å²) in [7, 11) is 1.35. The number of amides is 2. The van der Waals surface area contributed by atoms with E-state index < -0.39 is 28.5 Å². The van der Waals surface area contributed by atoms with E-state index in [1.807, 2.05) is 45.8 Å². The van der Waals surface area contributed by atoms with Crippen LogP contribution in [0.1, 0.15) is 85.3 Å². The van der Waals surface area contributed by atoms with Gasteiger partial charge >= 0.3 is 12.1 Å². The number of nitrogens with zero attached hydrogens (tertiary/aromatic N) is 2. The molecule has 0 bridgehead atoms. The third kappa shape index (κ3) is 9.66. The van der Waals surface area contributed by atoms with Crippen LogP contribution in [0.2, 0.25) is 0 Å². The molecule has 2 heterocycles. The number of rotatable bonds is 10. The van der Waals surface area contributed by atoms with Crippen LogP contribution < -0.4 is 5.32 Å². The predicted octanol–water partition coefficient (Wildman–Crippen LogP) is 6.20. The highest BCUT2D eigenvalue weighted by molar-refractivity contribution is 8.00. The van der Waals surface area contributed by atoms with Gasteiger partial charge in [0.25, 0.3) is 0 Å². The fourth-order valence-corrected chi connectivity index (χ4v) is 7.42. The molecule has 0 aliphatic carbocycles. The second-order valence-corrected chi connectivity index (χ2v) is 16.9. The van der Waals surface area contributed by atoms with Gasteiger partial charge in [-0.1, -0.05) is 57.2 Å². The molecular weight excluding hydrogens is 595 g/mol. The number of thioether (sulfide) groups is 2. The molecule has 1 N–H and O–H groups in total. The Morgan fingerprint density at radius 3 is 2.36 bits per heavy atom. The highest BCUT2D eigenvalue weighted by Crippen LogP contribution is 2.40. The summed E-state index contributed by atoms with van der Waals surface area (Å²) in [5, 5.41) is 3.00. The lowest BCUT2D eigenvalue weighted by molar-refractivity contribution is -0.145. The second-order valence-electron chi connectivity index (χ2n) is 14.2. The summed E-state index contributed by atoms with van der Waals surface area (Å²) in [6, 6.07) is 7.56. The number of ether oxygens (including phenoxy) is 2. The van der Waals surface area contributed by atoms with Gasteiger partial charge in [0.05, 0.1) is 24.1 Å². The summed E-state index contributed by atoms with van der Waals surface area (Å²) in [4.78, 5) is 43.0. The van der Waals surface area contributed by atoms with Crippen molar-refractivity contribution < 1.29 is 23.9 Å². The van der Waals surface area contributed by atoms with Crippen LogP contribution in [0.25, 0.3) is 0 Å². The van der Waals surface area contributed by atoms with E-state index in [-0.39, 0.29) is 29.4 Å². The molecule has 2 fully saturated rings. The Balaban J connectivity index is 1.81. The molecule has 1 aromatic carbocycles. The van der Waals surface area contributed by atoms with Crippen molar-refractivity contribution in [1.82, 2.24) is 15.1 Å². The Morgan fingerprint density at radius 2 is 1.80 bits per heavy atom. The molecule has 1 aromatic rings. The maximum absolute atomic E-state index is 13.7. The average molecular weight is 648 g/mol. The van der Waals surface area contributed by atoms with Crippen molar-refractivity contribution >= 4 is 41.5 Å². The van der Waals surface area contributed by atoms with Crippen LogP contribution in [0.5, 0.6) is 0 Å². The number of carbonyl (C=O) groups is 3. The first-order valence-electron chi connectivity index (χ1n) is 15.5. The number of hydrogen-bond acceptors (Lipinski definition) is 8. The van der Waals surface area contributed by atoms with E-state index in [2.05, 4.69) is 67.4 Å². The van der Waals surface area contributed by atoms with E-state index in [0.29, 0.717) is 25.9 Å². The number of benzene rings is 1. The fourth-order valence-electron chi connectivity index (χ4n) is 5.76. The third-order valence-electron chi connectivity index (χ3n) is 8.17. The Kier molecular flexibility index (Phi) is 12.3. The van der Waals surface area contributed by atoms with Gasteiger partial charge in [0, 0.05) is 18.8 Å². The molecule has 2 amide bonds. The number of methoxy groups -OCH3 is 1. The van der Waals surface area contributed by atoms with Crippen LogP contribution >= 0.6 is 23.5 Å². The summed E-state index contributed by atoms with van der Waals surface area (Å²) in [5.74, 6) is 1.11. The molecule has 0 spiro atoms. The molecule has 2 aliphatic rings. The molecule has 2 aliphatic heterocycles. The zero-order valence-electron chi connectivity index (χ0n) is 28.3. The molecule has 0 unspecified atom stereocenters. The van der Waals surface area contributed by atoms with Gasteiger partial charge in [0.1, 0.15) is 11.6 Å². The van der Waals surface area contributed by atoms with E-state index in [9.17, 15) is 14.4 Å². The van der Waals surface area contributed by atoms with Gasteiger partial charge in [0.15, 0.2) is 0 Å². The number of nitrogens with one attached hydrogen (secondary N) is 1. The standard InChI is InChI=1S/C34H53N3O5S2/c1-32(2,3)25-15-13-23(14-16-25)24-20-28(29(38)35-27(17-19-43-10)30(39)41-9)36(21-24)18-11-12-26-22-44-34(7,8)37(26)31(40)42-33(4,5)6/h11-16,24,26-28H,17-22H2,1-10H3,(H,35,38)/b12-11+/t24-,26+,27-,28-/m0/s1. The molecule has 246 valence electrons. The molecule has 10 heteroatoms. The first-order chi connectivity index (χ1) is 20.5. The summed E-state index contributed by atoms with van der Waals surface area (Å²) < 4.78 is 10.7. The van der Waals surface area contributed by atoms with Gasteiger partial charge in [-0.05, 0) is 81.9 Å². The zero-order chi connectivity index (χ0) is 32.9. The minimum Gasteiger partial charge on any atom is -0.467 e. The molecule has 8 nitrogen and oxygen atoms in total. The molecule has 3 rings (SSSR count). The van der Waals surface area contributed by atoms with Crippen molar-refractivity contribution in [3.63, 3.8) is 0 Å². The number of carbonyl (C=O) groups excluding carboxylic acids is 3. The first-order valence-corrected chi connectivity index (χ1v) is 17.9. The maximum atomic E-state index is 13.7. The number of esters is 1. The quantitative estimate of drug-likeness (QED) is 0.237. The maximum Gasteiger partial charge on any atom is 0.411 e. The lowest BCUT2D eigenvalue weighted by atomic mass is 9.85. The van der Waals surface area contributed by atoms with E-state index in [1.54, 1.807) is 23.5 Å². The smallest absolute Gasteiger partial charge is 0.411 e. The lowest BCUT2D eigenvalue weighted by Gasteiger charge is -2.35. The van der Waals surface area contributed by atoms with E-state index in [1.165, 1.54) is 18.2 Å². The molecule has 0 radical (unpaired) electrons. The summed E-state index contributed by atoms with van der Waals surface area (Å²) >= 11 is 3.36. The molecular formula is C34H53N3O5S2. The topological polar surface area (TPSA) is 88.2 Å². The monoisotopic (exact) mass is 647 g/mol. The van der Waals surface area contributed by atoms with Crippen LogP contribution in [-0.2, 0) is 24.5 Å². The molecule has 44 heavy (non-hydrogen) atoms. The highest BCUT2D eigenvalue weighted by atomic mass is 32.2. The third-order valence-corrected chi connectivity index (χ3v) is 10.2. The average Bonchev–Trinajstić information content (AvgIpc) is 3.49. The van der Waals surface area contributed by atoms with Gasteiger partial charge in [0.2, 0.25) is 5.91 Å². The van der Waals surface area contributed by atoms with E-state index in [0.717, 1.165) is 11.5 Å². The minimum absolute atomic E-state index is 0.0629. The fraction of sp³-hybridized carbons (Fsp3) is 0.676. The Labute approximate surface area is 273 Å². The van der Waals surface area contributed by atoms with Crippen LogP contribution in [0.4, 0.5) is 4.79 Å². The molecule has 2 saturated heterocycles. The van der Waals surface area contributed by atoms with Gasteiger partial charge < -0.3 is 14.8 Å². The number of likely N-dealkylation sites (tertiary alicyclic amines) is 1. The minimum atomic E-state index is -0.678. The molecule has 4 atom stereocenters. The molecule has 0 saturated carbocycles. The van der Waals surface area contributed by atoms with E-state index in [4.69, 9.17) is 9.47 Å². The summed E-state index contributed by atoms with van der Waals surface area (Å²) in [6.07, 6.45) is 6.96. The normalized spacial score (nSPS) is 23.1. The van der Waals surface area contributed by atoms with Crippen molar-refractivity contribution in [3.05, 3.63) is 47.5 Å². The van der Waals surface area contributed by atoms with Crippen LogP contribution in [-0.4, -0.2) is 94.3 Å². The van der Waals surface area contributed by atoms with Crippen molar-refractivity contribution in [2.75, 3.05) is 38.0 Å². The van der Waals surface area contributed by atoms with Crippen LogP contribution in [0.3, 0.4) is 0 Å². The first kappa shape index (κ1) is 36.3. The van der Waals surface area contributed by atoms with Crippen molar-refractivity contribution in [2.45, 2.75) is 108 Å². The van der Waals surface area contributed by atoms with Gasteiger partial charge in [-0.25, -0.2) is 9.59 Å². The van der Waals surface area contributed by atoms with Gasteiger partial charge in [-0.2, -0.15) is 11.8 Å². The summed E-state index contributed by atoms with van der Waals surface area (Å²) in [5.41, 5.74) is 1.96. The van der Waals surface area contributed by atoms with Crippen molar-refractivity contribution in [3.8, 4) is 0 Å². The van der Waals surface area contributed by atoms with Gasteiger partial charge in [-0.15, -0.1) is 11.8 Å². The molecule has 0 aromatic heterocycles. The predicted molar refractivity (Wildman–Crippen MR) is 182 cm³/mol.